The summed E-state index contributed by atoms with van der Waals surface area (Å²) in [7, 11) is 0. The fourth-order valence-electron chi connectivity index (χ4n) is 4.24. The lowest BCUT2D eigenvalue weighted by atomic mass is 10.1. The van der Waals surface area contributed by atoms with Crippen molar-refractivity contribution in [2.45, 2.75) is 37.9 Å². The molecule has 0 aliphatic carbocycles. The quantitative estimate of drug-likeness (QED) is 0.272. The normalized spacial score (nSPS) is 21.3. The van der Waals surface area contributed by atoms with Gasteiger partial charge in [0.05, 0.1) is 11.3 Å². The molecule has 3 aromatic heterocycles. The van der Waals surface area contributed by atoms with Gasteiger partial charge in [-0.1, -0.05) is 41.9 Å². The van der Waals surface area contributed by atoms with Crippen molar-refractivity contribution in [2.75, 3.05) is 18.4 Å². The topological polar surface area (TPSA) is 147 Å². The summed E-state index contributed by atoms with van der Waals surface area (Å²) in [5, 5.41) is 27.6. The molecule has 12 heteroatoms. The summed E-state index contributed by atoms with van der Waals surface area (Å²) in [5.41, 5.74) is 2.54. The maximum atomic E-state index is 12.4. The number of hydrogen-bond acceptors (Lipinski definition) is 9. The molecule has 4 N–H and O–H groups in total. The number of pyridine rings is 1. The highest BCUT2D eigenvalue weighted by atomic mass is 35.5. The number of likely N-dealkylation sites (N-methyl/N-ethyl adjacent to an activating group) is 1. The molecule has 11 nitrogen and oxygen atoms in total. The van der Waals surface area contributed by atoms with Crippen LogP contribution in [-0.2, 0) is 16.0 Å². The van der Waals surface area contributed by atoms with Crippen LogP contribution in [0.2, 0.25) is 5.02 Å². The molecule has 0 saturated carbocycles. The second-order valence-electron chi connectivity index (χ2n) is 8.60. The van der Waals surface area contributed by atoms with E-state index in [-0.39, 0.29) is 0 Å². The highest BCUT2D eigenvalue weighted by Gasteiger charge is 2.47. The van der Waals surface area contributed by atoms with Gasteiger partial charge in [0.15, 0.2) is 35.1 Å². The van der Waals surface area contributed by atoms with Gasteiger partial charge in [-0.15, -0.1) is 0 Å². The molecule has 1 aliphatic rings. The highest BCUT2D eigenvalue weighted by molar-refractivity contribution is 6.30. The number of nitrogens with one attached hydrogen (secondary N) is 2. The minimum absolute atomic E-state index is 0.333. The first-order valence-corrected chi connectivity index (χ1v) is 12.3. The highest BCUT2D eigenvalue weighted by Crippen LogP contribution is 2.33. The minimum atomic E-state index is -1.42. The summed E-state index contributed by atoms with van der Waals surface area (Å²) in [6.07, 6.45) is 0.176. The van der Waals surface area contributed by atoms with E-state index in [1.165, 1.54) is 17.1 Å². The van der Waals surface area contributed by atoms with Gasteiger partial charge < -0.3 is 25.6 Å². The summed E-state index contributed by atoms with van der Waals surface area (Å²) >= 11 is 6.15. The number of fused-ring (bicyclic) bond motifs is 1. The molecule has 1 fully saturated rings. The summed E-state index contributed by atoms with van der Waals surface area (Å²) in [6, 6.07) is 11.7. The number of hydrogen-bond donors (Lipinski definition) is 4. The van der Waals surface area contributed by atoms with Crippen LogP contribution >= 0.6 is 11.6 Å². The molecule has 4 aromatic rings. The Balaban J connectivity index is 1.52. The van der Waals surface area contributed by atoms with Crippen LogP contribution in [0.5, 0.6) is 0 Å². The van der Waals surface area contributed by atoms with Gasteiger partial charge in [-0.2, -0.15) is 0 Å². The third-order valence-corrected chi connectivity index (χ3v) is 6.26. The van der Waals surface area contributed by atoms with E-state index in [1.807, 2.05) is 30.3 Å². The van der Waals surface area contributed by atoms with Gasteiger partial charge in [0.1, 0.15) is 12.2 Å². The Hall–Kier alpha value is -3.64. The fourth-order valence-corrected chi connectivity index (χ4v) is 4.41. The Kier molecular flexibility index (Phi) is 7.28. The van der Waals surface area contributed by atoms with Crippen molar-refractivity contribution in [3.05, 3.63) is 65.7 Å². The van der Waals surface area contributed by atoms with Crippen LogP contribution in [-0.4, -0.2) is 72.0 Å². The average molecular weight is 524 g/mol. The Morgan fingerprint density at radius 1 is 1.16 bits per heavy atom. The van der Waals surface area contributed by atoms with Crippen molar-refractivity contribution >= 4 is 34.5 Å². The lowest BCUT2D eigenvalue weighted by molar-refractivity contribution is -0.137. The van der Waals surface area contributed by atoms with Crippen LogP contribution in [0, 0.1) is 0 Å². The number of carbonyl (C=O) groups excluding carboxylic acids is 1. The number of carbonyl (C=O) groups is 1. The van der Waals surface area contributed by atoms with Crippen molar-refractivity contribution < 1.29 is 19.7 Å². The number of imidazole rings is 1. The van der Waals surface area contributed by atoms with Gasteiger partial charge in [0.2, 0.25) is 0 Å². The fraction of sp³-hybridized carbons (Fsp3) is 0.320. The SMILES string of the molecule is CCNC(=O)[C@@H]1OC(n2cnc3c(NCCc4ccccc4)nc(-c4cncc(Cl)c4)nc32)C(O)C1O. The number of aliphatic hydroxyl groups excluding tert-OH is 2. The second-order valence-corrected chi connectivity index (χ2v) is 9.03. The third-order valence-electron chi connectivity index (χ3n) is 6.06. The van der Waals surface area contributed by atoms with Gasteiger partial charge in [0, 0.05) is 31.0 Å². The van der Waals surface area contributed by atoms with E-state index in [0.29, 0.717) is 46.5 Å². The van der Waals surface area contributed by atoms with Crippen LogP contribution < -0.4 is 10.6 Å². The number of aromatic nitrogens is 5. The first kappa shape index (κ1) is 25.0. The van der Waals surface area contributed by atoms with E-state index in [9.17, 15) is 15.0 Å². The number of benzene rings is 1. The monoisotopic (exact) mass is 523 g/mol. The molecule has 1 amide bonds. The lowest BCUT2D eigenvalue weighted by Crippen LogP contribution is -2.42. The Labute approximate surface area is 217 Å². The molecule has 1 aromatic carbocycles. The predicted molar refractivity (Wildman–Crippen MR) is 137 cm³/mol. The predicted octanol–water partition coefficient (Wildman–Crippen LogP) is 1.95. The molecule has 1 aliphatic heterocycles. The van der Waals surface area contributed by atoms with Crippen molar-refractivity contribution in [2.24, 2.45) is 0 Å². The second kappa shape index (κ2) is 10.8. The van der Waals surface area contributed by atoms with E-state index >= 15 is 0 Å². The van der Waals surface area contributed by atoms with E-state index in [1.54, 1.807) is 19.2 Å². The molecule has 37 heavy (non-hydrogen) atoms. The van der Waals surface area contributed by atoms with Crippen LogP contribution in [0.15, 0.2) is 55.1 Å². The molecule has 3 unspecified atom stereocenters. The Morgan fingerprint density at radius 2 is 1.97 bits per heavy atom. The standard InChI is InChI=1S/C25H26ClN7O4/c1-2-28-24(36)20-18(34)19(35)25(37-20)33-13-30-17-22(29-9-8-14-6-4-3-5-7-14)31-21(32-23(17)33)15-10-16(26)12-27-11-15/h3-7,10-13,18-20,25,34-35H,2,8-9H2,1H3,(H,28,36)(H,29,31,32)/t18?,19?,20-,25?/m1/s1. The van der Waals surface area contributed by atoms with Gasteiger partial charge in [-0.25, -0.2) is 15.0 Å². The number of halogens is 1. The van der Waals surface area contributed by atoms with E-state index in [2.05, 4.69) is 30.6 Å². The smallest absolute Gasteiger partial charge is 0.252 e. The van der Waals surface area contributed by atoms with Gasteiger partial charge in [-0.05, 0) is 25.0 Å². The van der Waals surface area contributed by atoms with Crippen molar-refractivity contribution in [1.29, 1.82) is 0 Å². The van der Waals surface area contributed by atoms with Crippen molar-refractivity contribution in [3.63, 3.8) is 0 Å². The minimum Gasteiger partial charge on any atom is -0.387 e. The van der Waals surface area contributed by atoms with E-state index < -0.39 is 30.4 Å². The van der Waals surface area contributed by atoms with E-state index in [0.717, 1.165) is 12.0 Å². The first-order valence-electron chi connectivity index (χ1n) is 11.9. The molecular formula is C25H26ClN7O4. The number of rotatable bonds is 8. The lowest BCUT2D eigenvalue weighted by Gasteiger charge is -2.17. The molecule has 1 saturated heterocycles. The molecule has 5 rings (SSSR count). The van der Waals surface area contributed by atoms with Crippen LogP contribution in [0.4, 0.5) is 5.82 Å². The molecular weight excluding hydrogens is 498 g/mol. The Morgan fingerprint density at radius 3 is 2.73 bits per heavy atom. The molecule has 0 radical (unpaired) electrons. The molecule has 4 atom stereocenters. The van der Waals surface area contributed by atoms with Crippen LogP contribution in [0.25, 0.3) is 22.6 Å². The summed E-state index contributed by atoms with van der Waals surface area (Å²) in [5.74, 6) is 0.298. The number of amides is 1. The van der Waals surface area contributed by atoms with E-state index in [4.69, 9.17) is 16.3 Å². The number of anilines is 1. The van der Waals surface area contributed by atoms with Gasteiger partial charge in [-0.3, -0.25) is 14.3 Å². The molecule has 4 heterocycles. The zero-order chi connectivity index (χ0) is 25.9. The number of ether oxygens (including phenoxy) is 1. The third kappa shape index (κ3) is 5.12. The zero-order valence-electron chi connectivity index (χ0n) is 20.0. The Bertz CT molecular complexity index is 1400. The summed E-state index contributed by atoms with van der Waals surface area (Å²) in [4.78, 5) is 30.3. The van der Waals surface area contributed by atoms with Gasteiger partial charge in [0.25, 0.3) is 5.91 Å². The summed E-state index contributed by atoms with van der Waals surface area (Å²) in [6.45, 7) is 2.70. The number of aliphatic hydroxyl groups is 2. The summed E-state index contributed by atoms with van der Waals surface area (Å²) < 4.78 is 7.29. The van der Waals surface area contributed by atoms with Crippen molar-refractivity contribution in [3.8, 4) is 11.4 Å². The number of nitrogens with zero attached hydrogens (tertiary/aromatic N) is 5. The molecule has 192 valence electrons. The maximum Gasteiger partial charge on any atom is 0.252 e. The largest absolute Gasteiger partial charge is 0.387 e. The van der Waals surface area contributed by atoms with Crippen LogP contribution in [0.3, 0.4) is 0 Å². The molecule has 0 bridgehead atoms. The maximum absolute atomic E-state index is 12.4. The van der Waals surface area contributed by atoms with Crippen LogP contribution in [0.1, 0.15) is 18.7 Å². The first-order chi connectivity index (χ1) is 18.0. The van der Waals surface area contributed by atoms with Gasteiger partial charge >= 0.3 is 0 Å². The molecule has 0 spiro atoms. The van der Waals surface area contributed by atoms with Crippen molar-refractivity contribution in [1.82, 2.24) is 29.8 Å². The zero-order valence-corrected chi connectivity index (χ0v) is 20.7. The average Bonchev–Trinajstić information content (AvgIpc) is 3.45.